The number of thiazole rings is 1. The third-order valence-corrected chi connectivity index (χ3v) is 4.21. The molecular weight excluding hydrogens is 298 g/mol. The highest BCUT2D eigenvalue weighted by atomic mass is 32.1. The minimum atomic E-state index is -0.103. The highest BCUT2D eigenvalue weighted by Gasteiger charge is 2.23. The van der Waals surface area contributed by atoms with Crippen molar-refractivity contribution < 1.29 is 9.59 Å². The lowest BCUT2D eigenvalue weighted by molar-refractivity contribution is -0.120. The molecule has 0 radical (unpaired) electrons. The summed E-state index contributed by atoms with van der Waals surface area (Å²) >= 11 is 1.50. The zero-order chi connectivity index (χ0) is 15.5. The van der Waals surface area contributed by atoms with E-state index >= 15 is 0 Å². The summed E-state index contributed by atoms with van der Waals surface area (Å²) in [5, 5.41) is 8.47. The maximum atomic E-state index is 11.8. The van der Waals surface area contributed by atoms with Gasteiger partial charge < -0.3 is 10.6 Å². The van der Waals surface area contributed by atoms with Gasteiger partial charge in [0.25, 0.3) is 0 Å². The van der Waals surface area contributed by atoms with Gasteiger partial charge in [-0.2, -0.15) is 0 Å². The van der Waals surface area contributed by atoms with Crippen LogP contribution < -0.4 is 10.6 Å². The van der Waals surface area contributed by atoms with Gasteiger partial charge in [-0.05, 0) is 25.0 Å². The summed E-state index contributed by atoms with van der Waals surface area (Å²) in [6.45, 7) is 1.48. The van der Waals surface area contributed by atoms with Crippen LogP contribution in [0.5, 0.6) is 0 Å². The van der Waals surface area contributed by atoms with E-state index in [1.54, 1.807) is 0 Å². The number of aromatic nitrogens is 1. The van der Waals surface area contributed by atoms with Crippen molar-refractivity contribution >= 4 is 28.8 Å². The lowest BCUT2D eigenvalue weighted by Crippen LogP contribution is -2.27. The molecule has 1 fully saturated rings. The second kappa shape index (κ2) is 6.27. The minimum absolute atomic E-state index is 0.0337. The van der Waals surface area contributed by atoms with Crippen molar-refractivity contribution in [1.29, 1.82) is 0 Å². The van der Waals surface area contributed by atoms with Gasteiger partial charge in [0, 0.05) is 29.6 Å². The molecule has 1 aromatic heterocycles. The van der Waals surface area contributed by atoms with Crippen molar-refractivity contribution in [1.82, 2.24) is 10.3 Å². The molecule has 6 heteroatoms. The maximum absolute atomic E-state index is 11.8. The molecule has 0 bridgehead atoms. The first-order valence-electron chi connectivity index (χ1n) is 7.22. The van der Waals surface area contributed by atoms with Gasteiger partial charge >= 0.3 is 0 Å². The van der Waals surface area contributed by atoms with E-state index in [-0.39, 0.29) is 11.8 Å². The molecule has 0 aliphatic heterocycles. The van der Waals surface area contributed by atoms with Crippen LogP contribution in [-0.2, 0) is 16.0 Å². The molecule has 22 heavy (non-hydrogen) atoms. The molecule has 0 atom stereocenters. The van der Waals surface area contributed by atoms with E-state index in [0.29, 0.717) is 12.5 Å². The number of benzene rings is 1. The molecule has 0 unspecified atom stereocenters. The van der Waals surface area contributed by atoms with Gasteiger partial charge in [0.1, 0.15) is 5.01 Å². The molecule has 5 nitrogen and oxygen atoms in total. The Morgan fingerprint density at radius 1 is 1.36 bits per heavy atom. The quantitative estimate of drug-likeness (QED) is 0.891. The minimum Gasteiger partial charge on any atom is -0.353 e. The molecule has 1 aromatic carbocycles. The van der Waals surface area contributed by atoms with Crippen molar-refractivity contribution in [2.75, 3.05) is 5.32 Å². The fourth-order valence-electron chi connectivity index (χ4n) is 2.12. The summed E-state index contributed by atoms with van der Waals surface area (Å²) in [4.78, 5) is 27.4. The number of nitrogens with one attached hydrogen (secondary N) is 2. The van der Waals surface area contributed by atoms with E-state index in [1.165, 1.54) is 18.3 Å². The molecule has 2 N–H and O–H groups in total. The molecule has 2 aromatic rings. The Labute approximate surface area is 132 Å². The molecule has 2 amide bonds. The van der Waals surface area contributed by atoms with Crippen LogP contribution >= 0.6 is 11.3 Å². The Hall–Kier alpha value is -2.21. The first-order valence-corrected chi connectivity index (χ1v) is 8.10. The highest BCUT2D eigenvalue weighted by Crippen LogP contribution is 2.26. The van der Waals surface area contributed by atoms with E-state index in [1.807, 2.05) is 29.6 Å². The summed E-state index contributed by atoms with van der Waals surface area (Å²) in [6, 6.07) is 7.91. The van der Waals surface area contributed by atoms with Crippen LogP contribution in [0.25, 0.3) is 10.6 Å². The summed E-state index contributed by atoms with van der Waals surface area (Å²) < 4.78 is 0. The van der Waals surface area contributed by atoms with Crippen molar-refractivity contribution in [3.05, 3.63) is 35.3 Å². The SMILES string of the molecule is CC(=O)Nc1cccc(-c2nc(CC(=O)NC3CC3)cs2)c1. The predicted molar refractivity (Wildman–Crippen MR) is 86.7 cm³/mol. The van der Waals surface area contributed by atoms with E-state index in [2.05, 4.69) is 15.6 Å². The van der Waals surface area contributed by atoms with Gasteiger partial charge in [-0.3, -0.25) is 9.59 Å². The second-order valence-electron chi connectivity index (χ2n) is 5.42. The van der Waals surface area contributed by atoms with E-state index < -0.39 is 0 Å². The zero-order valence-corrected chi connectivity index (χ0v) is 13.1. The number of hydrogen-bond acceptors (Lipinski definition) is 4. The molecule has 0 spiro atoms. The summed E-state index contributed by atoms with van der Waals surface area (Å²) in [5.41, 5.74) is 2.46. The normalized spacial score (nSPS) is 13.7. The Morgan fingerprint density at radius 2 is 2.18 bits per heavy atom. The number of rotatable bonds is 5. The van der Waals surface area contributed by atoms with Crippen LogP contribution in [0.2, 0.25) is 0 Å². The van der Waals surface area contributed by atoms with Crippen molar-refractivity contribution in [2.24, 2.45) is 0 Å². The number of hydrogen-bond donors (Lipinski definition) is 2. The Kier molecular flexibility index (Phi) is 4.20. The van der Waals surface area contributed by atoms with Crippen LogP contribution in [0, 0.1) is 0 Å². The molecule has 1 saturated carbocycles. The fraction of sp³-hybridized carbons (Fsp3) is 0.312. The van der Waals surface area contributed by atoms with Crippen molar-refractivity contribution in [3.8, 4) is 10.6 Å². The predicted octanol–water partition coefficient (Wildman–Crippen LogP) is 2.59. The number of anilines is 1. The fourth-order valence-corrected chi connectivity index (χ4v) is 2.94. The first-order chi connectivity index (χ1) is 10.6. The Balaban J connectivity index is 1.69. The maximum Gasteiger partial charge on any atom is 0.226 e. The molecule has 1 aliphatic rings. The van der Waals surface area contributed by atoms with Crippen LogP contribution in [0.15, 0.2) is 29.6 Å². The van der Waals surface area contributed by atoms with Crippen molar-refractivity contribution in [2.45, 2.75) is 32.2 Å². The standard InChI is InChI=1S/C16H17N3O2S/c1-10(20)17-13-4-2-3-11(7-13)16-19-14(9-22-16)8-15(21)18-12-5-6-12/h2-4,7,9,12H,5-6,8H2,1H3,(H,17,20)(H,18,21). The smallest absolute Gasteiger partial charge is 0.226 e. The number of carbonyl (C=O) groups is 2. The number of amides is 2. The molecule has 1 aliphatic carbocycles. The van der Waals surface area contributed by atoms with Gasteiger partial charge in [-0.25, -0.2) is 4.98 Å². The summed E-state index contributed by atoms with van der Waals surface area (Å²) in [5.74, 6) is -0.0694. The van der Waals surface area contributed by atoms with Gasteiger partial charge in [-0.15, -0.1) is 11.3 Å². The van der Waals surface area contributed by atoms with E-state index in [0.717, 1.165) is 34.8 Å². The molecule has 114 valence electrons. The van der Waals surface area contributed by atoms with Gasteiger partial charge in [-0.1, -0.05) is 12.1 Å². The number of nitrogens with zero attached hydrogens (tertiary/aromatic N) is 1. The van der Waals surface area contributed by atoms with E-state index in [4.69, 9.17) is 0 Å². The van der Waals surface area contributed by atoms with Crippen LogP contribution in [-0.4, -0.2) is 22.8 Å². The molecule has 1 heterocycles. The number of carbonyl (C=O) groups excluding carboxylic acids is 2. The molecule has 3 rings (SSSR count). The van der Waals surface area contributed by atoms with Crippen LogP contribution in [0.4, 0.5) is 5.69 Å². The monoisotopic (exact) mass is 315 g/mol. The summed E-state index contributed by atoms with van der Waals surface area (Å²) in [6.07, 6.45) is 2.49. The molecular formula is C16H17N3O2S. The van der Waals surface area contributed by atoms with Gasteiger partial charge in [0.05, 0.1) is 12.1 Å². The first kappa shape index (κ1) is 14.7. The zero-order valence-electron chi connectivity index (χ0n) is 12.3. The third kappa shape index (κ3) is 3.92. The van der Waals surface area contributed by atoms with Crippen LogP contribution in [0.3, 0.4) is 0 Å². The highest BCUT2D eigenvalue weighted by molar-refractivity contribution is 7.13. The molecule has 0 saturated heterocycles. The second-order valence-corrected chi connectivity index (χ2v) is 6.28. The third-order valence-electron chi connectivity index (χ3n) is 3.27. The van der Waals surface area contributed by atoms with Gasteiger partial charge in [0.15, 0.2) is 0 Å². The average molecular weight is 315 g/mol. The Morgan fingerprint density at radius 3 is 2.91 bits per heavy atom. The topological polar surface area (TPSA) is 71.1 Å². The average Bonchev–Trinajstić information content (AvgIpc) is 3.14. The largest absolute Gasteiger partial charge is 0.353 e. The Bertz CT molecular complexity index is 707. The van der Waals surface area contributed by atoms with Gasteiger partial charge in [0.2, 0.25) is 11.8 Å². The lowest BCUT2D eigenvalue weighted by Gasteiger charge is -2.03. The van der Waals surface area contributed by atoms with Crippen molar-refractivity contribution in [3.63, 3.8) is 0 Å². The van der Waals surface area contributed by atoms with E-state index in [9.17, 15) is 9.59 Å². The summed E-state index contributed by atoms with van der Waals surface area (Å²) in [7, 11) is 0. The lowest BCUT2D eigenvalue weighted by atomic mass is 10.2. The van der Waals surface area contributed by atoms with Crippen LogP contribution in [0.1, 0.15) is 25.5 Å².